The van der Waals surface area contributed by atoms with E-state index in [4.69, 9.17) is 16.3 Å². The van der Waals surface area contributed by atoms with Crippen LogP contribution in [0.1, 0.15) is 45.9 Å². The molecule has 7 heteroatoms. The van der Waals surface area contributed by atoms with Gasteiger partial charge < -0.3 is 20.1 Å². The summed E-state index contributed by atoms with van der Waals surface area (Å²) in [6, 6.07) is 5.23. The molecule has 0 saturated carbocycles. The maximum absolute atomic E-state index is 12.2. The third kappa shape index (κ3) is 4.41. The zero-order valence-corrected chi connectivity index (χ0v) is 15.3. The molecule has 134 valence electrons. The van der Waals surface area contributed by atoms with Gasteiger partial charge >= 0.3 is 5.97 Å². The van der Waals surface area contributed by atoms with Crippen LogP contribution < -0.4 is 5.32 Å². The van der Waals surface area contributed by atoms with Crippen molar-refractivity contribution in [2.24, 2.45) is 0 Å². The van der Waals surface area contributed by atoms with Crippen molar-refractivity contribution in [2.75, 3.05) is 11.9 Å². The first-order chi connectivity index (χ1) is 11.7. The van der Waals surface area contributed by atoms with Gasteiger partial charge in [0.2, 0.25) is 0 Å². The number of aryl methyl sites for hydroxylation is 2. The summed E-state index contributed by atoms with van der Waals surface area (Å²) in [7, 11) is 0. The number of H-pyrrole nitrogens is 1. The molecule has 25 heavy (non-hydrogen) atoms. The summed E-state index contributed by atoms with van der Waals surface area (Å²) in [6.07, 6.45) is -0.704. The molecule has 1 amide bonds. The minimum Gasteiger partial charge on any atom is -0.451 e. The summed E-state index contributed by atoms with van der Waals surface area (Å²) in [5.74, 6) is -1.14. The Hall–Kier alpha value is -2.31. The molecule has 0 saturated heterocycles. The predicted molar refractivity (Wildman–Crippen MR) is 96.0 cm³/mol. The van der Waals surface area contributed by atoms with Gasteiger partial charge in [-0.25, -0.2) is 4.79 Å². The second-order valence-corrected chi connectivity index (χ2v) is 6.35. The lowest BCUT2D eigenvalue weighted by atomic mass is 10.1. The second kappa shape index (κ2) is 7.72. The first kappa shape index (κ1) is 19.0. The van der Waals surface area contributed by atoms with Crippen LogP contribution >= 0.6 is 11.6 Å². The number of aliphatic hydroxyl groups excluding tert-OH is 1. The highest BCUT2D eigenvalue weighted by Crippen LogP contribution is 2.25. The van der Waals surface area contributed by atoms with Gasteiger partial charge in [-0.05, 0) is 51.0 Å². The number of hydrogen-bond acceptors (Lipinski definition) is 4. The van der Waals surface area contributed by atoms with E-state index in [9.17, 15) is 14.7 Å². The lowest BCUT2D eigenvalue weighted by molar-refractivity contribution is -0.119. The van der Waals surface area contributed by atoms with E-state index in [2.05, 4.69) is 10.3 Å². The lowest BCUT2D eigenvalue weighted by Crippen LogP contribution is -2.21. The second-order valence-electron chi connectivity index (χ2n) is 5.95. The van der Waals surface area contributed by atoms with Crippen LogP contribution in [0.2, 0.25) is 5.02 Å². The van der Waals surface area contributed by atoms with Crippen molar-refractivity contribution in [3.05, 3.63) is 51.3 Å². The summed E-state index contributed by atoms with van der Waals surface area (Å²) in [6.45, 7) is 6.55. The summed E-state index contributed by atoms with van der Waals surface area (Å²) in [4.78, 5) is 27.0. The standard InChI is InChI=1S/C18H21ClN2O4/c1-9-5-6-14(13(19)7-9)21-15(23)8-25-18(24)17-10(2)16(12(4)22)11(3)20-17/h5-7,12,20,22H,8H2,1-4H3,(H,21,23)/t12-/m1/s1. The van der Waals surface area contributed by atoms with Gasteiger partial charge in [0.15, 0.2) is 6.61 Å². The summed E-state index contributed by atoms with van der Waals surface area (Å²) >= 11 is 6.05. The average Bonchev–Trinajstić information content (AvgIpc) is 2.82. The number of anilines is 1. The van der Waals surface area contributed by atoms with Crippen molar-refractivity contribution in [3.63, 3.8) is 0 Å². The van der Waals surface area contributed by atoms with Crippen LogP contribution in [0.3, 0.4) is 0 Å². The number of hydrogen-bond donors (Lipinski definition) is 3. The molecule has 0 unspecified atom stereocenters. The monoisotopic (exact) mass is 364 g/mol. The smallest absolute Gasteiger partial charge is 0.355 e. The number of halogens is 1. The lowest BCUT2D eigenvalue weighted by Gasteiger charge is -2.09. The number of esters is 1. The van der Waals surface area contributed by atoms with E-state index in [1.165, 1.54) is 0 Å². The van der Waals surface area contributed by atoms with E-state index in [1.54, 1.807) is 32.9 Å². The van der Waals surface area contributed by atoms with Crippen molar-refractivity contribution < 1.29 is 19.4 Å². The Labute approximate surface area is 151 Å². The number of rotatable bonds is 5. The number of benzene rings is 1. The molecule has 3 N–H and O–H groups in total. The molecular weight excluding hydrogens is 344 g/mol. The molecule has 1 atom stereocenters. The topological polar surface area (TPSA) is 91.4 Å². The molecule has 1 heterocycles. The van der Waals surface area contributed by atoms with E-state index in [1.807, 2.05) is 13.0 Å². The molecule has 0 spiro atoms. The normalized spacial score (nSPS) is 11.9. The molecule has 1 aromatic carbocycles. The van der Waals surface area contributed by atoms with Gasteiger partial charge in [-0.3, -0.25) is 4.79 Å². The first-order valence-corrected chi connectivity index (χ1v) is 8.18. The maximum Gasteiger partial charge on any atom is 0.355 e. The van der Waals surface area contributed by atoms with Crippen LogP contribution in [-0.2, 0) is 9.53 Å². The molecule has 6 nitrogen and oxygen atoms in total. The van der Waals surface area contributed by atoms with Gasteiger partial charge in [0.25, 0.3) is 5.91 Å². The quantitative estimate of drug-likeness (QED) is 0.709. The fraction of sp³-hybridized carbons (Fsp3) is 0.333. The molecule has 0 aliphatic carbocycles. The molecular formula is C18H21ClN2O4. The van der Waals surface area contributed by atoms with E-state index in [0.717, 1.165) is 5.56 Å². The first-order valence-electron chi connectivity index (χ1n) is 7.81. The van der Waals surface area contributed by atoms with E-state index >= 15 is 0 Å². The third-order valence-corrected chi connectivity index (χ3v) is 4.16. The number of aliphatic hydroxyl groups is 1. The van der Waals surface area contributed by atoms with Crippen molar-refractivity contribution in [3.8, 4) is 0 Å². The largest absolute Gasteiger partial charge is 0.451 e. The van der Waals surface area contributed by atoms with Crippen LogP contribution in [0.5, 0.6) is 0 Å². The molecule has 2 aromatic rings. The third-order valence-electron chi connectivity index (χ3n) is 3.85. The van der Waals surface area contributed by atoms with Crippen LogP contribution in [0.4, 0.5) is 5.69 Å². The number of carbonyl (C=O) groups excluding carboxylic acids is 2. The highest BCUT2D eigenvalue weighted by Gasteiger charge is 2.21. The molecule has 0 aliphatic rings. The maximum atomic E-state index is 12.2. The Balaban J connectivity index is 2.00. The van der Waals surface area contributed by atoms with Gasteiger partial charge in [0.05, 0.1) is 16.8 Å². The van der Waals surface area contributed by atoms with Crippen molar-refractivity contribution >= 4 is 29.2 Å². The Morgan fingerprint density at radius 3 is 2.56 bits per heavy atom. The SMILES string of the molecule is Cc1ccc(NC(=O)COC(=O)c2[nH]c(C)c([C@@H](C)O)c2C)c(Cl)c1. The fourth-order valence-corrected chi connectivity index (χ4v) is 2.99. The van der Waals surface area contributed by atoms with E-state index < -0.39 is 24.6 Å². The highest BCUT2D eigenvalue weighted by atomic mass is 35.5. The fourth-order valence-electron chi connectivity index (χ4n) is 2.71. The van der Waals surface area contributed by atoms with Crippen molar-refractivity contribution in [2.45, 2.75) is 33.8 Å². The number of amides is 1. The Bertz CT molecular complexity index is 812. The van der Waals surface area contributed by atoms with Gasteiger partial charge in [0, 0.05) is 11.3 Å². The van der Waals surface area contributed by atoms with E-state index in [0.29, 0.717) is 27.5 Å². The Morgan fingerprint density at radius 1 is 1.32 bits per heavy atom. The number of ether oxygens (including phenoxy) is 1. The van der Waals surface area contributed by atoms with Gasteiger partial charge in [-0.1, -0.05) is 17.7 Å². The molecule has 1 aromatic heterocycles. The number of aromatic amines is 1. The number of aromatic nitrogens is 1. The summed E-state index contributed by atoms with van der Waals surface area (Å²) in [5, 5.41) is 12.8. The Morgan fingerprint density at radius 2 is 2.00 bits per heavy atom. The Kier molecular flexibility index (Phi) is 5.87. The molecule has 0 radical (unpaired) electrons. The van der Waals surface area contributed by atoms with Gasteiger partial charge in [-0.15, -0.1) is 0 Å². The molecule has 0 aliphatic heterocycles. The van der Waals surface area contributed by atoms with Gasteiger partial charge in [-0.2, -0.15) is 0 Å². The molecule has 0 fully saturated rings. The minimum atomic E-state index is -0.704. The molecule has 2 rings (SSSR count). The predicted octanol–water partition coefficient (Wildman–Crippen LogP) is 3.44. The highest BCUT2D eigenvalue weighted by molar-refractivity contribution is 6.33. The molecule has 0 bridgehead atoms. The van der Waals surface area contributed by atoms with Gasteiger partial charge in [0.1, 0.15) is 5.69 Å². The van der Waals surface area contributed by atoms with Crippen LogP contribution in [0.25, 0.3) is 0 Å². The van der Waals surface area contributed by atoms with Crippen molar-refractivity contribution in [1.82, 2.24) is 4.98 Å². The van der Waals surface area contributed by atoms with Crippen molar-refractivity contribution in [1.29, 1.82) is 0 Å². The van der Waals surface area contributed by atoms with Crippen LogP contribution in [0, 0.1) is 20.8 Å². The summed E-state index contributed by atoms with van der Waals surface area (Å²) < 4.78 is 5.05. The summed E-state index contributed by atoms with van der Waals surface area (Å²) in [5.41, 5.74) is 3.62. The minimum absolute atomic E-state index is 0.231. The zero-order valence-electron chi connectivity index (χ0n) is 14.6. The van der Waals surface area contributed by atoms with Crippen LogP contribution in [0.15, 0.2) is 18.2 Å². The number of carbonyl (C=O) groups is 2. The number of nitrogens with one attached hydrogen (secondary N) is 2. The zero-order chi connectivity index (χ0) is 18.7. The van der Waals surface area contributed by atoms with Crippen LogP contribution in [-0.4, -0.2) is 28.6 Å². The van der Waals surface area contributed by atoms with E-state index in [-0.39, 0.29) is 5.69 Å². The average molecular weight is 365 g/mol.